The van der Waals surface area contributed by atoms with Gasteiger partial charge in [0.15, 0.2) is 4.67 Å². The first-order chi connectivity index (χ1) is 8.63. The van der Waals surface area contributed by atoms with E-state index in [0.29, 0.717) is 6.04 Å². The van der Waals surface area contributed by atoms with Gasteiger partial charge in [-0.25, -0.2) is 0 Å². The van der Waals surface area contributed by atoms with Gasteiger partial charge in [-0.1, -0.05) is 13.3 Å². The van der Waals surface area contributed by atoms with Crippen LogP contribution < -0.4 is 5.73 Å². The van der Waals surface area contributed by atoms with E-state index in [1.165, 1.54) is 19.3 Å². The van der Waals surface area contributed by atoms with Crippen molar-refractivity contribution >= 4 is 31.9 Å². The van der Waals surface area contributed by atoms with Crippen LogP contribution in [0.25, 0.3) is 0 Å². The third-order valence-corrected chi connectivity index (χ3v) is 5.56. The molecular formula is C13H20Br2N2O. The number of furan rings is 1. The van der Waals surface area contributed by atoms with Crippen LogP contribution in [0.1, 0.15) is 31.9 Å². The van der Waals surface area contributed by atoms with Crippen molar-refractivity contribution in [3.05, 3.63) is 21.0 Å². The van der Waals surface area contributed by atoms with Crippen LogP contribution in [0.5, 0.6) is 0 Å². The minimum absolute atomic E-state index is 0.492. The maximum absolute atomic E-state index is 5.91. The van der Waals surface area contributed by atoms with Crippen LogP contribution in [0.15, 0.2) is 19.6 Å². The van der Waals surface area contributed by atoms with E-state index in [2.05, 4.69) is 43.7 Å². The first-order valence-corrected chi connectivity index (χ1v) is 8.10. The van der Waals surface area contributed by atoms with Crippen molar-refractivity contribution in [2.45, 2.75) is 38.8 Å². The van der Waals surface area contributed by atoms with Crippen LogP contribution in [0.3, 0.4) is 0 Å². The normalized spacial score (nSPS) is 25.6. The molecule has 3 nitrogen and oxygen atoms in total. The molecule has 0 radical (unpaired) electrons. The number of hydrogen-bond acceptors (Lipinski definition) is 3. The molecule has 0 amide bonds. The highest BCUT2D eigenvalue weighted by atomic mass is 79.9. The van der Waals surface area contributed by atoms with Gasteiger partial charge < -0.3 is 10.2 Å². The van der Waals surface area contributed by atoms with E-state index in [-0.39, 0.29) is 0 Å². The highest BCUT2D eigenvalue weighted by Crippen LogP contribution is 2.30. The summed E-state index contributed by atoms with van der Waals surface area (Å²) in [6, 6.07) is 2.52. The van der Waals surface area contributed by atoms with Gasteiger partial charge >= 0.3 is 0 Å². The highest BCUT2D eigenvalue weighted by molar-refractivity contribution is 9.13. The maximum Gasteiger partial charge on any atom is 0.183 e. The molecule has 0 aromatic carbocycles. The molecule has 0 spiro atoms. The number of hydrogen-bond donors (Lipinski definition) is 1. The molecule has 5 heteroatoms. The Hall–Kier alpha value is 0.160. The molecule has 1 aromatic heterocycles. The summed E-state index contributed by atoms with van der Waals surface area (Å²) >= 11 is 6.83. The minimum Gasteiger partial charge on any atom is -0.452 e. The van der Waals surface area contributed by atoms with Crippen molar-refractivity contribution in [3.8, 4) is 0 Å². The minimum atomic E-state index is 0.492. The van der Waals surface area contributed by atoms with Gasteiger partial charge in [-0.15, -0.1) is 0 Å². The highest BCUT2D eigenvalue weighted by Gasteiger charge is 2.27. The van der Waals surface area contributed by atoms with Crippen LogP contribution in [-0.2, 0) is 6.54 Å². The Morgan fingerprint density at radius 2 is 2.28 bits per heavy atom. The van der Waals surface area contributed by atoms with E-state index in [0.717, 1.165) is 40.5 Å². The summed E-state index contributed by atoms with van der Waals surface area (Å²) in [5.74, 6) is 1.83. The first-order valence-electron chi connectivity index (χ1n) is 6.51. The number of likely N-dealkylation sites (tertiary alicyclic amines) is 1. The van der Waals surface area contributed by atoms with E-state index in [4.69, 9.17) is 10.2 Å². The summed E-state index contributed by atoms with van der Waals surface area (Å²) in [7, 11) is 0. The van der Waals surface area contributed by atoms with Crippen LogP contribution in [0, 0.1) is 5.92 Å². The number of piperidine rings is 1. The molecule has 2 heterocycles. The molecule has 1 aliphatic heterocycles. The van der Waals surface area contributed by atoms with Crippen molar-refractivity contribution in [1.82, 2.24) is 4.90 Å². The molecule has 102 valence electrons. The van der Waals surface area contributed by atoms with Gasteiger partial charge in [0.25, 0.3) is 0 Å². The Labute approximate surface area is 125 Å². The Bertz CT molecular complexity index is 375. The molecule has 2 N–H and O–H groups in total. The second kappa shape index (κ2) is 6.55. The number of nitrogens with zero attached hydrogens (tertiary/aromatic N) is 1. The molecule has 2 rings (SSSR count). The average Bonchev–Trinajstić information content (AvgIpc) is 2.69. The Morgan fingerprint density at radius 3 is 2.83 bits per heavy atom. The third kappa shape index (κ3) is 3.38. The fraction of sp³-hybridized carbons (Fsp3) is 0.692. The van der Waals surface area contributed by atoms with Gasteiger partial charge in [0.05, 0.1) is 11.0 Å². The maximum atomic E-state index is 5.91. The lowest BCUT2D eigenvalue weighted by Crippen LogP contribution is -2.45. The molecule has 1 aliphatic rings. The largest absolute Gasteiger partial charge is 0.452 e. The van der Waals surface area contributed by atoms with E-state index in [1.807, 2.05) is 6.07 Å². The van der Waals surface area contributed by atoms with Gasteiger partial charge in [0.1, 0.15) is 5.76 Å². The average molecular weight is 380 g/mol. The standard InChI is InChI=1S/C13H20Br2N2O/c1-2-9-3-4-17(10(5-9)7-16)8-11-6-12(14)13(15)18-11/h6,9-10H,2-5,7-8,16H2,1H3. The smallest absolute Gasteiger partial charge is 0.183 e. The van der Waals surface area contributed by atoms with Gasteiger partial charge in [0.2, 0.25) is 0 Å². The summed E-state index contributed by atoms with van der Waals surface area (Å²) in [5.41, 5.74) is 5.91. The molecule has 2 unspecified atom stereocenters. The molecule has 2 atom stereocenters. The van der Waals surface area contributed by atoms with Crippen molar-refractivity contribution in [2.75, 3.05) is 13.1 Å². The Kier molecular flexibility index (Phi) is 5.30. The van der Waals surface area contributed by atoms with Crippen LogP contribution in [0.2, 0.25) is 0 Å². The molecule has 1 saturated heterocycles. The van der Waals surface area contributed by atoms with Crippen molar-refractivity contribution in [2.24, 2.45) is 11.7 Å². The monoisotopic (exact) mass is 378 g/mol. The number of halogens is 2. The molecule has 1 fully saturated rings. The zero-order valence-electron chi connectivity index (χ0n) is 10.7. The van der Waals surface area contributed by atoms with E-state index in [1.54, 1.807) is 0 Å². The van der Waals surface area contributed by atoms with Gasteiger partial charge in [0, 0.05) is 12.6 Å². The summed E-state index contributed by atoms with van der Waals surface area (Å²) < 4.78 is 7.40. The summed E-state index contributed by atoms with van der Waals surface area (Å²) in [4.78, 5) is 2.45. The SMILES string of the molecule is CCC1CCN(Cc2cc(Br)c(Br)o2)C(CN)C1. The molecule has 1 aromatic rings. The molecular weight excluding hydrogens is 360 g/mol. The second-order valence-electron chi connectivity index (χ2n) is 4.99. The summed E-state index contributed by atoms with van der Waals surface area (Å²) in [6.07, 6.45) is 3.76. The van der Waals surface area contributed by atoms with E-state index >= 15 is 0 Å². The van der Waals surface area contributed by atoms with Crippen molar-refractivity contribution in [3.63, 3.8) is 0 Å². The predicted octanol–water partition coefficient (Wildman–Crippen LogP) is 3.75. The van der Waals surface area contributed by atoms with Crippen molar-refractivity contribution in [1.29, 1.82) is 0 Å². The van der Waals surface area contributed by atoms with Gasteiger partial charge in [-0.05, 0) is 63.2 Å². The zero-order valence-corrected chi connectivity index (χ0v) is 13.8. The van der Waals surface area contributed by atoms with E-state index in [9.17, 15) is 0 Å². The Balaban J connectivity index is 1.99. The first kappa shape index (κ1) is 14.6. The van der Waals surface area contributed by atoms with Crippen LogP contribution >= 0.6 is 31.9 Å². The number of rotatable bonds is 4. The lowest BCUT2D eigenvalue weighted by molar-refractivity contribution is 0.0995. The summed E-state index contributed by atoms with van der Waals surface area (Å²) in [6.45, 7) is 4.98. The fourth-order valence-electron chi connectivity index (χ4n) is 2.68. The van der Waals surface area contributed by atoms with Crippen molar-refractivity contribution < 1.29 is 4.42 Å². The van der Waals surface area contributed by atoms with E-state index < -0.39 is 0 Å². The third-order valence-electron chi connectivity index (χ3n) is 3.85. The van der Waals surface area contributed by atoms with Crippen LogP contribution in [-0.4, -0.2) is 24.0 Å². The fourth-order valence-corrected chi connectivity index (χ4v) is 3.34. The van der Waals surface area contributed by atoms with Crippen LogP contribution in [0.4, 0.5) is 0 Å². The molecule has 0 bridgehead atoms. The quantitative estimate of drug-likeness (QED) is 0.865. The van der Waals surface area contributed by atoms with Gasteiger partial charge in [-0.2, -0.15) is 0 Å². The molecule has 0 aliphatic carbocycles. The molecule has 0 saturated carbocycles. The number of nitrogens with two attached hydrogens (primary N) is 1. The lowest BCUT2D eigenvalue weighted by atomic mass is 9.89. The summed E-state index contributed by atoms with van der Waals surface area (Å²) in [5, 5.41) is 0. The predicted molar refractivity (Wildman–Crippen MR) is 80.4 cm³/mol. The molecule has 18 heavy (non-hydrogen) atoms. The van der Waals surface area contributed by atoms with Gasteiger partial charge in [-0.3, -0.25) is 4.90 Å². The zero-order chi connectivity index (χ0) is 13.1. The lowest BCUT2D eigenvalue weighted by Gasteiger charge is -2.38. The topological polar surface area (TPSA) is 42.4 Å². The Morgan fingerprint density at radius 1 is 1.50 bits per heavy atom. The second-order valence-corrected chi connectivity index (χ2v) is 6.57.